The van der Waals surface area contributed by atoms with Crippen molar-refractivity contribution in [2.24, 2.45) is 0 Å². The monoisotopic (exact) mass is 477 g/mol. The van der Waals surface area contributed by atoms with Gasteiger partial charge in [0.05, 0.1) is 11.3 Å². The predicted octanol–water partition coefficient (Wildman–Crippen LogP) is 8.97. The Morgan fingerprint density at radius 3 is 1.78 bits per heavy atom. The molecule has 0 aromatic heterocycles. The molecule has 36 heavy (non-hydrogen) atoms. The lowest BCUT2D eigenvalue weighted by atomic mass is 9.77. The van der Waals surface area contributed by atoms with Crippen molar-refractivity contribution >= 4 is 28.2 Å². The maximum atomic E-state index is 13.4. The Morgan fingerprint density at radius 2 is 1.17 bits per heavy atom. The van der Waals surface area contributed by atoms with Crippen LogP contribution in [0.1, 0.15) is 22.3 Å². The maximum absolute atomic E-state index is 13.4. The standard InChI is InChI=1S/C32H22F3N/c33-32(34,35)26-16-18-27(19-17-26)36-30-20-15-23-9-7-8-14-28(23)29(30)21-22-31(36,24-10-3-1-4-11-24)25-12-5-2-6-13-25/h1-22H. The summed E-state index contributed by atoms with van der Waals surface area (Å²) in [6, 6.07) is 38.0. The lowest BCUT2D eigenvalue weighted by Gasteiger charge is -2.47. The first-order chi connectivity index (χ1) is 17.5. The van der Waals surface area contributed by atoms with Gasteiger partial charge in [0.2, 0.25) is 0 Å². The van der Waals surface area contributed by atoms with Gasteiger partial charge >= 0.3 is 6.18 Å². The van der Waals surface area contributed by atoms with E-state index in [0.29, 0.717) is 5.69 Å². The molecule has 6 rings (SSSR count). The summed E-state index contributed by atoms with van der Waals surface area (Å²) in [5.74, 6) is 0. The number of nitrogens with zero attached hydrogens (tertiary/aromatic N) is 1. The van der Waals surface area contributed by atoms with Gasteiger partial charge in [-0.25, -0.2) is 0 Å². The Hall–Kier alpha value is -4.31. The summed E-state index contributed by atoms with van der Waals surface area (Å²) in [6.07, 6.45) is -0.0766. The van der Waals surface area contributed by atoms with E-state index in [2.05, 4.69) is 65.6 Å². The Bertz CT molecular complexity index is 1510. The molecular weight excluding hydrogens is 455 g/mol. The maximum Gasteiger partial charge on any atom is 0.416 e. The molecule has 0 saturated heterocycles. The molecule has 0 amide bonds. The first kappa shape index (κ1) is 22.2. The molecule has 1 aliphatic rings. The number of benzene rings is 5. The molecule has 5 aromatic carbocycles. The van der Waals surface area contributed by atoms with Gasteiger partial charge in [0, 0.05) is 11.3 Å². The van der Waals surface area contributed by atoms with E-state index in [1.165, 1.54) is 0 Å². The van der Waals surface area contributed by atoms with Crippen LogP contribution >= 0.6 is 0 Å². The smallest absolute Gasteiger partial charge is 0.323 e. The molecule has 0 aliphatic carbocycles. The van der Waals surface area contributed by atoms with Crippen molar-refractivity contribution in [1.29, 1.82) is 0 Å². The summed E-state index contributed by atoms with van der Waals surface area (Å²) >= 11 is 0. The molecule has 0 atom stereocenters. The highest BCUT2D eigenvalue weighted by molar-refractivity contribution is 5.99. The largest absolute Gasteiger partial charge is 0.416 e. The number of rotatable bonds is 3. The van der Waals surface area contributed by atoms with Gasteiger partial charge in [-0.2, -0.15) is 13.2 Å². The van der Waals surface area contributed by atoms with E-state index >= 15 is 0 Å². The quantitative estimate of drug-likeness (QED) is 0.251. The zero-order chi connectivity index (χ0) is 24.8. The third-order valence-corrected chi connectivity index (χ3v) is 6.91. The van der Waals surface area contributed by atoms with Gasteiger partial charge in [0.25, 0.3) is 0 Å². The molecule has 176 valence electrons. The van der Waals surface area contributed by atoms with Gasteiger partial charge in [-0.1, -0.05) is 97.1 Å². The molecule has 5 aromatic rings. The molecule has 0 spiro atoms. The number of alkyl halides is 3. The molecule has 0 unspecified atom stereocenters. The molecule has 4 heteroatoms. The van der Waals surface area contributed by atoms with Crippen LogP contribution in [0.2, 0.25) is 0 Å². The molecule has 1 aliphatic heterocycles. The third kappa shape index (κ3) is 3.49. The van der Waals surface area contributed by atoms with Crippen molar-refractivity contribution in [3.05, 3.63) is 150 Å². The highest BCUT2D eigenvalue weighted by Crippen LogP contribution is 2.51. The number of hydrogen-bond donors (Lipinski definition) is 0. The van der Waals surface area contributed by atoms with Crippen molar-refractivity contribution < 1.29 is 13.2 Å². The van der Waals surface area contributed by atoms with Gasteiger partial charge in [-0.05, 0) is 58.3 Å². The van der Waals surface area contributed by atoms with Crippen LogP contribution in [-0.2, 0) is 11.7 Å². The summed E-state index contributed by atoms with van der Waals surface area (Å²) in [4.78, 5) is 2.17. The number of fused-ring (bicyclic) bond motifs is 3. The summed E-state index contributed by atoms with van der Waals surface area (Å²) in [5.41, 5.74) is 3.26. The van der Waals surface area contributed by atoms with Crippen molar-refractivity contribution in [1.82, 2.24) is 0 Å². The summed E-state index contributed by atoms with van der Waals surface area (Å²) in [6.45, 7) is 0. The second-order valence-electron chi connectivity index (χ2n) is 8.93. The lowest BCUT2D eigenvalue weighted by Crippen LogP contribution is -2.44. The molecule has 1 heterocycles. The van der Waals surface area contributed by atoms with Crippen LogP contribution < -0.4 is 4.90 Å². The number of halogens is 3. The zero-order valence-corrected chi connectivity index (χ0v) is 19.3. The third-order valence-electron chi connectivity index (χ3n) is 6.91. The van der Waals surface area contributed by atoms with E-state index in [1.54, 1.807) is 12.1 Å². The molecule has 0 saturated carbocycles. The number of hydrogen-bond acceptors (Lipinski definition) is 1. The Labute approximate surface area is 207 Å². The normalized spacial score (nSPS) is 14.6. The van der Waals surface area contributed by atoms with Crippen LogP contribution in [0.3, 0.4) is 0 Å². The second-order valence-corrected chi connectivity index (χ2v) is 8.93. The second kappa shape index (κ2) is 8.42. The zero-order valence-electron chi connectivity index (χ0n) is 19.3. The van der Waals surface area contributed by atoms with Crippen LogP contribution in [0.25, 0.3) is 16.8 Å². The molecule has 0 radical (unpaired) electrons. The lowest BCUT2D eigenvalue weighted by molar-refractivity contribution is -0.137. The van der Waals surface area contributed by atoms with Crippen LogP contribution in [0, 0.1) is 0 Å². The molecular formula is C32H22F3N. The van der Waals surface area contributed by atoms with Crippen LogP contribution in [-0.4, -0.2) is 0 Å². The fourth-order valence-corrected chi connectivity index (χ4v) is 5.27. The van der Waals surface area contributed by atoms with Gasteiger partial charge in [-0.15, -0.1) is 0 Å². The SMILES string of the molecule is FC(F)(F)c1ccc(N2c3ccc4ccccc4c3C=CC2(c2ccccc2)c2ccccc2)cc1. The highest BCUT2D eigenvalue weighted by Gasteiger charge is 2.42. The van der Waals surface area contributed by atoms with E-state index in [9.17, 15) is 13.2 Å². The minimum Gasteiger partial charge on any atom is -0.323 e. The van der Waals surface area contributed by atoms with Crippen LogP contribution in [0.15, 0.2) is 127 Å². The Kier molecular flexibility index (Phi) is 5.18. The highest BCUT2D eigenvalue weighted by atomic mass is 19.4. The molecule has 0 N–H and O–H groups in total. The van der Waals surface area contributed by atoms with Crippen LogP contribution in [0.5, 0.6) is 0 Å². The molecule has 1 nitrogen and oxygen atoms in total. The van der Waals surface area contributed by atoms with Crippen molar-refractivity contribution in [3.8, 4) is 0 Å². The van der Waals surface area contributed by atoms with E-state index < -0.39 is 17.3 Å². The summed E-state index contributed by atoms with van der Waals surface area (Å²) in [5, 5.41) is 2.21. The Balaban J connectivity index is 1.69. The number of anilines is 2. The van der Waals surface area contributed by atoms with Crippen molar-refractivity contribution in [3.63, 3.8) is 0 Å². The van der Waals surface area contributed by atoms with Crippen LogP contribution in [0.4, 0.5) is 24.5 Å². The average Bonchev–Trinajstić information content (AvgIpc) is 2.93. The van der Waals surface area contributed by atoms with Crippen molar-refractivity contribution in [2.45, 2.75) is 11.7 Å². The fraction of sp³-hybridized carbons (Fsp3) is 0.0625. The Morgan fingerprint density at radius 1 is 0.583 bits per heavy atom. The van der Waals surface area contributed by atoms with E-state index in [4.69, 9.17) is 0 Å². The van der Waals surface area contributed by atoms with E-state index in [0.717, 1.165) is 45.3 Å². The first-order valence-electron chi connectivity index (χ1n) is 11.8. The minimum atomic E-state index is -4.40. The predicted molar refractivity (Wildman–Crippen MR) is 140 cm³/mol. The van der Waals surface area contributed by atoms with E-state index in [-0.39, 0.29) is 0 Å². The fourth-order valence-electron chi connectivity index (χ4n) is 5.27. The average molecular weight is 478 g/mol. The van der Waals surface area contributed by atoms with Crippen molar-refractivity contribution in [2.75, 3.05) is 4.90 Å². The van der Waals surface area contributed by atoms with Gasteiger partial charge in [0.1, 0.15) is 5.54 Å². The minimum absolute atomic E-state index is 0.664. The van der Waals surface area contributed by atoms with E-state index in [1.807, 2.05) is 48.5 Å². The molecule has 0 fully saturated rings. The van der Waals surface area contributed by atoms with Gasteiger partial charge < -0.3 is 4.90 Å². The van der Waals surface area contributed by atoms with Gasteiger partial charge in [-0.3, -0.25) is 0 Å². The topological polar surface area (TPSA) is 3.24 Å². The molecule has 0 bridgehead atoms. The summed E-state index contributed by atoms with van der Waals surface area (Å²) < 4.78 is 40.3. The van der Waals surface area contributed by atoms with Gasteiger partial charge in [0.15, 0.2) is 0 Å². The first-order valence-corrected chi connectivity index (χ1v) is 11.8. The summed E-state index contributed by atoms with van der Waals surface area (Å²) in [7, 11) is 0.